The Morgan fingerprint density at radius 3 is 3.00 bits per heavy atom. The van der Waals surface area contributed by atoms with Crippen LogP contribution in [0.15, 0.2) is 4.42 Å². The fourth-order valence-electron chi connectivity index (χ4n) is 3.70. The van der Waals surface area contributed by atoms with Crippen LogP contribution in [0.2, 0.25) is 0 Å². The maximum Gasteiger partial charge on any atom is 0.315 e. The first-order chi connectivity index (χ1) is 12.1. The number of aromatic nitrogens is 2. The van der Waals surface area contributed by atoms with Crippen LogP contribution < -0.4 is 5.32 Å². The summed E-state index contributed by atoms with van der Waals surface area (Å²) in [6.07, 6.45) is 3.93. The third kappa shape index (κ3) is 4.12. The monoisotopic (exact) mass is 350 g/mol. The highest BCUT2D eigenvalue weighted by Gasteiger charge is 2.44. The van der Waals surface area contributed by atoms with Crippen molar-refractivity contribution in [1.29, 1.82) is 0 Å². The van der Waals surface area contributed by atoms with Crippen molar-refractivity contribution in [2.24, 2.45) is 11.8 Å². The van der Waals surface area contributed by atoms with Gasteiger partial charge in [0.05, 0.1) is 26.4 Å². The van der Waals surface area contributed by atoms with Gasteiger partial charge in [0.15, 0.2) is 0 Å². The number of hydrogen-bond acceptors (Lipinski definition) is 7. The highest BCUT2D eigenvalue weighted by Crippen LogP contribution is 2.35. The molecule has 1 saturated carbocycles. The van der Waals surface area contributed by atoms with Crippen LogP contribution >= 0.6 is 0 Å². The maximum atomic E-state index is 12.5. The zero-order valence-corrected chi connectivity index (χ0v) is 14.7. The molecule has 0 aromatic carbocycles. The Morgan fingerprint density at radius 1 is 1.36 bits per heavy atom. The number of amides is 1. The van der Waals surface area contributed by atoms with Gasteiger partial charge in [-0.2, -0.15) is 0 Å². The first-order valence-electron chi connectivity index (χ1n) is 9.15. The molecular weight excluding hydrogens is 324 g/mol. The first-order valence-corrected chi connectivity index (χ1v) is 9.15. The minimum Gasteiger partial charge on any atom is -0.408 e. The van der Waals surface area contributed by atoms with Crippen molar-refractivity contribution in [2.75, 3.05) is 44.8 Å². The molecule has 2 atom stereocenters. The summed E-state index contributed by atoms with van der Waals surface area (Å²) >= 11 is 0. The minimum absolute atomic E-state index is 0.249. The highest BCUT2D eigenvalue weighted by molar-refractivity contribution is 5.76. The predicted molar refractivity (Wildman–Crippen MR) is 89.1 cm³/mol. The molecule has 25 heavy (non-hydrogen) atoms. The molecule has 0 radical (unpaired) electrons. The van der Waals surface area contributed by atoms with Gasteiger partial charge in [-0.15, -0.1) is 5.10 Å². The number of nitrogens with zero attached hydrogens (tertiary/aromatic N) is 3. The van der Waals surface area contributed by atoms with Gasteiger partial charge in [0, 0.05) is 32.4 Å². The number of nitrogens with one attached hydrogen (secondary N) is 1. The van der Waals surface area contributed by atoms with E-state index >= 15 is 0 Å². The van der Waals surface area contributed by atoms with E-state index in [2.05, 4.69) is 15.5 Å². The lowest BCUT2D eigenvalue weighted by Crippen LogP contribution is -2.46. The Kier molecular flexibility index (Phi) is 4.64. The fraction of sp³-hybridized carbons (Fsp3) is 0.824. The van der Waals surface area contributed by atoms with Gasteiger partial charge < -0.3 is 24.1 Å². The van der Waals surface area contributed by atoms with Crippen molar-refractivity contribution < 1.29 is 18.7 Å². The quantitative estimate of drug-likeness (QED) is 0.854. The lowest BCUT2D eigenvalue weighted by atomic mass is 9.94. The SMILES string of the molecule is Cc1nnc(NC[C@H]2CO[C@@]3(COCCN(C(=O)CC4CC4)C3)C2)o1. The van der Waals surface area contributed by atoms with E-state index in [9.17, 15) is 4.79 Å². The third-order valence-corrected chi connectivity index (χ3v) is 5.22. The molecule has 3 fully saturated rings. The van der Waals surface area contributed by atoms with Gasteiger partial charge in [-0.25, -0.2) is 0 Å². The van der Waals surface area contributed by atoms with Crippen LogP contribution in [0.4, 0.5) is 6.01 Å². The number of aryl methyl sites for hydroxylation is 1. The van der Waals surface area contributed by atoms with Gasteiger partial charge in [0.25, 0.3) is 0 Å². The maximum absolute atomic E-state index is 12.5. The molecule has 0 unspecified atom stereocenters. The topological polar surface area (TPSA) is 89.7 Å². The van der Waals surface area contributed by atoms with Gasteiger partial charge in [-0.05, 0) is 25.2 Å². The van der Waals surface area contributed by atoms with E-state index in [0.717, 1.165) is 6.42 Å². The Balaban J connectivity index is 1.33. The standard InChI is InChI=1S/C17H26N4O4/c1-12-19-20-16(25-12)18-8-14-7-17(24-9-14)10-21(4-5-23-11-17)15(22)6-13-2-3-13/h13-14H,2-11H2,1H3,(H,18,20)/t14-,17-/m0/s1. The van der Waals surface area contributed by atoms with Crippen LogP contribution in [0.5, 0.6) is 0 Å². The number of rotatable bonds is 5. The lowest BCUT2D eigenvalue weighted by molar-refractivity contribution is -0.134. The molecule has 1 spiro atoms. The molecule has 2 aliphatic heterocycles. The second-order valence-electron chi connectivity index (χ2n) is 7.59. The summed E-state index contributed by atoms with van der Waals surface area (Å²) in [6, 6.07) is 0.441. The predicted octanol–water partition coefficient (Wildman–Crippen LogP) is 1.22. The Hall–Kier alpha value is -1.67. The van der Waals surface area contributed by atoms with Crippen LogP contribution in [-0.2, 0) is 14.3 Å². The summed E-state index contributed by atoms with van der Waals surface area (Å²) in [6.45, 7) is 5.56. The molecule has 8 heteroatoms. The largest absolute Gasteiger partial charge is 0.408 e. The smallest absolute Gasteiger partial charge is 0.315 e. The molecule has 1 N–H and O–H groups in total. The average molecular weight is 350 g/mol. The van der Waals surface area contributed by atoms with Gasteiger partial charge in [0.1, 0.15) is 5.60 Å². The number of carbonyl (C=O) groups excluding carboxylic acids is 1. The molecule has 138 valence electrons. The van der Waals surface area contributed by atoms with E-state index < -0.39 is 0 Å². The van der Waals surface area contributed by atoms with Gasteiger partial charge in [-0.3, -0.25) is 4.79 Å². The van der Waals surface area contributed by atoms with Crippen LogP contribution in [0.25, 0.3) is 0 Å². The molecule has 0 bridgehead atoms. The number of hydrogen-bond donors (Lipinski definition) is 1. The van der Waals surface area contributed by atoms with Crippen molar-refractivity contribution in [3.8, 4) is 0 Å². The van der Waals surface area contributed by atoms with E-state index in [1.165, 1.54) is 12.8 Å². The van der Waals surface area contributed by atoms with E-state index in [0.29, 0.717) is 69.6 Å². The summed E-state index contributed by atoms with van der Waals surface area (Å²) in [4.78, 5) is 14.5. The molecule has 8 nitrogen and oxygen atoms in total. The van der Waals surface area contributed by atoms with Crippen LogP contribution in [0.1, 0.15) is 31.6 Å². The van der Waals surface area contributed by atoms with Crippen LogP contribution in [0.3, 0.4) is 0 Å². The van der Waals surface area contributed by atoms with Crippen molar-refractivity contribution in [1.82, 2.24) is 15.1 Å². The second kappa shape index (κ2) is 6.92. The normalized spacial score (nSPS) is 29.8. The van der Waals surface area contributed by atoms with Gasteiger partial charge >= 0.3 is 6.01 Å². The van der Waals surface area contributed by atoms with E-state index in [-0.39, 0.29) is 11.5 Å². The fourth-order valence-corrected chi connectivity index (χ4v) is 3.70. The Morgan fingerprint density at radius 2 is 2.24 bits per heavy atom. The van der Waals surface area contributed by atoms with E-state index in [4.69, 9.17) is 13.9 Å². The second-order valence-corrected chi connectivity index (χ2v) is 7.59. The zero-order chi connectivity index (χ0) is 17.3. The zero-order valence-electron chi connectivity index (χ0n) is 14.7. The van der Waals surface area contributed by atoms with Crippen molar-refractivity contribution in [3.63, 3.8) is 0 Å². The van der Waals surface area contributed by atoms with Crippen molar-refractivity contribution in [2.45, 2.75) is 38.2 Å². The van der Waals surface area contributed by atoms with Crippen LogP contribution in [-0.4, -0.2) is 66.1 Å². The van der Waals surface area contributed by atoms with Crippen LogP contribution in [0, 0.1) is 18.8 Å². The first kappa shape index (κ1) is 16.8. The number of carbonyl (C=O) groups is 1. The average Bonchev–Trinajstić information content (AvgIpc) is 3.22. The molecule has 1 aliphatic carbocycles. The van der Waals surface area contributed by atoms with Crippen molar-refractivity contribution in [3.05, 3.63) is 5.89 Å². The summed E-state index contributed by atoms with van der Waals surface area (Å²) in [7, 11) is 0. The van der Waals surface area contributed by atoms with Crippen molar-refractivity contribution >= 4 is 11.9 Å². The van der Waals surface area contributed by atoms with E-state index in [1.807, 2.05) is 4.90 Å². The summed E-state index contributed by atoms with van der Waals surface area (Å²) in [5.41, 5.74) is -0.382. The minimum atomic E-state index is -0.382. The number of ether oxygens (including phenoxy) is 2. The summed E-state index contributed by atoms with van der Waals surface area (Å²) in [5, 5.41) is 10.9. The molecule has 1 amide bonds. The lowest BCUT2D eigenvalue weighted by Gasteiger charge is -2.31. The van der Waals surface area contributed by atoms with Gasteiger partial charge in [-0.1, -0.05) is 5.10 Å². The molecule has 1 aromatic rings. The molecular formula is C17H26N4O4. The molecule has 2 saturated heterocycles. The number of anilines is 1. The summed E-state index contributed by atoms with van der Waals surface area (Å²) in [5.74, 6) is 1.73. The van der Waals surface area contributed by atoms with E-state index in [1.54, 1.807) is 6.92 Å². The summed E-state index contributed by atoms with van der Waals surface area (Å²) < 4.78 is 17.3. The Bertz CT molecular complexity index is 618. The molecule has 1 aromatic heterocycles. The Labute approximate surface area is 147 Å². The molecule has 3 aliphatic rings. The highest BCUT2D eigenvalue weighted by atomic mass is 16.5. The molecule has 4 rings (SSSR count). The van der Waals surface area contributed by atoms with Gasteiger partial charge in [0.2, 0.25) is 11.8 Å². The third-order valence-electron chi connectivity index (χ3n) is 5.22. The molecule has 3 heterocycles.